The van der Waals surface area contributed by atoms with E-state index in [0.29, 0.717) is 32.8 Å². The van der Waals surface area contributed by atoms with Gasteiger partial charge in [0.25, 0.3) is 5.91 Å². The highest BCUT2D eigenvalue weighted by molar-refractivity contribution is 5.85. The number of carbonyl (C=O) groups is 1. The molecule has 2 aliphatic heterocycles. The summed E-state index contributed by atoms with van der Waals surface area (Å²) >= 11 is 0. The molecule has 1 saturated heterocycles. The van der Waals surface area contributed by atoms with Gasteiger partial charge in [0, 0.05) is 39.4 Å². The van der Waals surface area contributed by atoms with Crippen LogP contribution in [0, 0.1) is 0 Å². The zero-order valence-electron chi connectivity index (χ0n) is 18.8. The minimum absolute atomic E-state index is 0.0955. The predicted molar refractivity (Wildman–Crippen MR) is 119 cm³/mol. The zero-order valence-corrected chi connectivity index (χ0v) is 18.8. The summed E-state index contributed by atoms with van der Waals surface area (Å²) in [5.41, 5.74) is 1.48. The van der Waals surface area contributed by atoms with Crippen LogP contribution in [-0.4, -0.2) is 70.3 Å². The molecule has 0 saturated carbocycles. The standard InChI is InChI=1S/C24H34N4O3/c1-3-28-13-14-30-22-10-5-4-8-20(22)9-6-7-11-24(23(28)29)18-27(12-15-31-24)17-21-16-26(2)19-25-21/h4-5,8,10,16,19H,3,6-7,9,11-15,17-18H2,1-2H3. The number of hydrogen-bond donors (Lipinski definition) is 0. The van der Waals surface area contributed by atoms with Crippen LogP contribution in [0.15, 0.2) is 36.8 Å². The third kappa shape index (κ3) is 5.10. The Labute approximate surface area is 184 Å². The van der Waals surface area contributed by atoms with Crippen molar-refractivity contribution in [1.82, 2.24) is 19.4 Å². The first kappa shape index (κ1) is 21.8. The summed E-state index contributed by atoms with van der Waals surface area (Å²) in [5.74, 6) is 1.04. The molecule has 2 aromatic rings. The molecule has 31 heavy (non-hydrogen) atoms. The molecule has 1 amide bonds. The summed E-state index contributed by atoms with van der Waals surface area (Å²) < 4.78 is 14.3. The Balaban J connectivity index is 1.52. The van der Waals surface area contributed by atoms with Crippen LogP contribution < -0.4 is 4.74 Å². The van der Waals surface area contributed by atoms with Gasteiger partial charge >= 0.3 is 0 Å². The second kappa shape index (κ2) is 9.83. The first-order chi connectivity index (χ1) is 15.1. The number of likely N-dealkylation sites (N-methyl/N-ethyl adjacent to an activating group) is 1. The van der Waals surface area contributed by atoms with Gasteiger partial charge in [0.1, 0.15) is 12.4 Å². The van der Waals surface area contributed by atoms with Gasteiger partial charge in [-0.1, -0.05) is 18.2 Å². The Kier molecular flexibility index (Phi) is 6.92. The van der Waals surface area contributed by atoms with Gasteiger partial charge in [-0.2, -0.15) is 0 Å². The highest BCUT2D eigenvalue weighted by Gasteiger charge is 2.45. The number of aryl methyl sites for hydroxylation is 2. The van der Waals surface area contributed by atoms with E-state index < -0.39 is 5.60 Å². The largest absolute Gasteiger partial charge is 0.491 e. The summed E-state index contributed by atoms with van der Waals surface area (Å²) in [6, 6.07) is 8.25. The minimum Gasteiger partial charge on any atom is -0.491 e. The topological polar surface area (TPSA) is 59.8 Å². The van der Waals surface area contributed by atoms with Crippen LogP contribution in [0.25, 0.3) is 0 Å². The highest BCUT2D eigenvalue weighted by atomic mass is 16.5. The van der Waals surface area contributed by atoms with E-state index in [9.17, 15) is 4.79 Å². The van der Waals surface area contributed by atoms with Crippen LogP contribution in [0.4, 0.5) is 0 Å². The van der Waals surface area contributed by atoms with Crippen LogP contribution >= 0.6 is 0 Å². The smallest absolute Gasteiger partial charge is 0.256 e. The third-order valence-electron chi connectivity index (χ3n) is 6.34. The Hall–Kier alpha value is -2.38. The molecule has 1 aromatic carbocycles. The Bertz CT molecular complexity index is 883. The fraction of sp³-hybridized carbons (Fsp3) is 0.583. The Morgan fingerprint density at radius 2 is 2.03 bits per heavy atom. The van der Waals surface area contributed by atoms with Crippen LogP contribution in [0.1, 0.15) is 37.4 Å². The summed E-state index contributed by atoms with van der Waals surface area (Å²) in [4.78, 5) is 22.4. The number of para-hydroxylation sites is 1. The molecule has 1 unspecified atom stereocenters. The van der Waals surface area contributed by atoms with Gasteiger partial charge in [0.2, 0.25) is 0 Å². The molecule has 0 N–H and O–H groups in total. The number of rotatable bonds is 3. The molecule has 1 fully saturated rings. The average Bonchev–Trinajstić information content (AvgIpc) is 3.18. The quantitative estimate of drug-likeness (QED) is 0.755. The Morgan fingerprint density at radius 3 is 2.84 bits per heavy atom. The predicted octanol–water partition coefficient (Wildman–Crippen LogP) is 2.65. The van der Waals surface area contributed by atoms with Crippen molar-refractivity contribution in [3.05, 3.63) is 48.0 Å². The van der Waals surface area contributed by atoms with E-state index in [-0.39, 0.29) is 5.91 Å². The average molecular weight is 427 g/mol. The maximum atomic E-state index is 13.7. The van der Waals surface area contributed by atoms with Gasteiger partial charge in [-0.15, -0.1) is 0 Å². The fourth-order valence-corrected chi connectivity index (χ4v) is 4.69. The van der Waals surface area contributed by atoms with Crippen molar-refractivity contribution >= 4 is 5.91 Å². The molecule has 7 heteroatoms. The number of imidazole rings is 1. The van der Waals surface area contributed by atoms with E-state index in [1.54, 1.807) is 0 Å². The molecular weight excluding hydrogens is 392 g/mol. The maximum absolute atomic E-state index is 13.7. The molecule has 0 radical (unpaired) electrons. The van der Waals surface area contributed by atoms with Crippen molar-refractivity contribution in [2.75, 3.05) is 39.4 Å². The molecule has 1 aromatic heterocycles. The second-order valence-electron chi connectivity index (χ2n) is 8.63. The molecule has 3 heterocycles. The van der Waals surface area contributed by atoms with Crippen LogP contribution in [0.2, 0.25) is 0 Å². The summed E-state index contributed by atoms with van der Waals surface area (Å²) in [6.45, 7) is 6.45. The van der Waals surface area contributed by atoms with Crippen molar-refractivity contribution in [2.24, 2.45) is 7.05 Å². The van der Waals surface area contributed by atoms with E-state index in [1.807, 2.05) is 48.1 Å². The second-order valence-corrected chi connectivity index (χ2v) is 8.63. The molecule has 7 nitrogen and oxygen atoms in total. The van der Waals surface area contributed by atoms with Crippen molar-refractivity contribution in [1.29, 1.82) is 0 Å². The minimum atomic E-state index is -0.790. The van der Waals surface area contributed by atoms with Gasteiger partial charge in [-0.25, -0.2) is 4.98 Å². The van der Waals surface area contributed by atoms with Gasteiger partial charge in [0.15, 0.2) is 5.60 Å². The summed E-state index contributed by atoms with van der Waals surface area (Å²) in [6.07, 6.45) is 7.50. The first-order valence-electron chi connectivity index (χ1n) is 11.4. The number of ether oxygens (including phenoxy) is 2. The lowest BCUT2D eigenvalue weighted by molar-refractivity contribution is -0.173. The van der Waals surface area contributed by atoms with Gasteiger partial charge < -0.3 is 18.9 Å². The van der Waals surface area contributed by atoms with Crippen molar-refractivity contribution in [3.8, 4) is 5.75 Å². The maximum Gasteiger partial charge on any atom is 0.256 e. The highest BCUT2D eigenvalue weighted by Crippen LogP contribution is 2.30. The fourth-order valence-electron chi connectivity index (χ4n) is 4.69. The lowest BCUT2D eigenvalue weighted by Gasteiger charge is -2.44. The molecule has 0 bridgehead atoms. The van der Waals surface area contributed by atoms with Crippen LogP contribution in [-0.2, 0) is 29.5 Å². The first-order valence-corrected chi connectivity index (χ1v) is 11.4. The summed E-state index contributed by atoms with van der Waals surface area (Å²) in [7, 11) is 1.98. The Morgan fingerprint density at radius 1 is 1.16 bits per heavy atom. The molecular formula is C24H34N4O3. The van der Waals surface area contributed by atoms with Crippen LogP contribution in [0.5, 0.6) is 5.75 Å². The van der Waals surface area contributed by atoms with Gasteiger partial charge in [0.05, 0.1) is 25.2 Å². The number of fused-ring (bicyclic) bond motifs is 1. The monoisotopic (exact) mass is 426 g/mol. The number of hydrogen-bond acceptors (Lipinski definition) is 5. The molecule has 2 aliphatic rings. The molecule has 168 valence electrons. The van der Waals surface area contributed by atoms with E-state index in [2.05, 4.69) is 22.0 Å². The lowest BCUT2D eigenvalue weighted by Crippen LogP contribution is -2.61. The van der Waals surface area contributed by atoms with Crippen molar-refractivity contribution in [2.45, 2.75) is 44.8 Å². The molecule has 1 spiro atoms. The molecule has 1 atom stereocenters. The number of aromatic nitrogens is 2. The van der Waals surface area contributed by atoms with E-state index in [0.717, 1.165) is 50.2 Å². The van der Waals surface area contributed by atoms with E-state index in [4.69, 9.17) is 9.47 Å². The third-order valence-corrected chi connectivity index (χ3v) is 6.34. The number of nitrogens with zero attached hydrogens (tertiary/aromatic N) is 4. The normalized spacial score (nSPS) is 23.7. The zero-order chi connectivity index (χ0) is 21.7. The van der Waals surface area contributed by atoms with Crippen LogP contribution in [0.3, 0.4) is 0 Å². The van der Waals surface area contributed by atoms with Gasteiger partial charge in [-0.3, -0.25) is 9.69 Å². The van der Waals surface area contributed by atoms with E-state index in [1.165, 1.54) is 5.56 Å². The van der Waals surface area contributed by atoms with Crippen molar-refractivity contribution < 1.29 is 14.3 Å². The summed E-state index contributed by atoms with van der Waals surface area (Å²) in [5, 5.41) is 0. The number of morpholine rings is 1. The number of amides is 1. The van der Waals surface area contributed by atoms with Gasteiger partial charge in [-0.05, 0) is 44.2 Å². The lowest BCUT2D eigenvalue weighted by atomic mass is 9.91. The van der Waals surface area contributed by atoms with Crippen molar-refractivity contribution in [3.63, 3.8) is 0 Å². The molecule has 4 rings (SSSR count). The number of carbonyl (C=O) groups excluding carboxylic acids is 1. The SMILES string of the molecule is CCN1CCOc2ccccc2CCCCC2(CN(Cc3cn(C)cn3)CCO2)C1=O. The molecule has 0 aliphatic carbocycles. The number of benzene rings is 1. The van der Waals surface area contributed by atoms with E-state index >= 15 is 0 Å².